The molecule has 0 N–H and O–H groups in total. The molecule has 0 unspecified atom stereocenters. The first-order valence-electron chi connectivity index (χ1n) is 28.2. The molecule has 0 aliphatic carbocycles. The number of nitrogens with zero attached hydrogens (tertiary/aromatic N) is 2. The minimum atomic E-state index is 0.751. The van der Waals surface area contributed by atoms with E-state index in [0.717, 1.165) is 122 Å². The van der Waals surface area contributed by atoms with E-state index in [4.69, 9.17) is 8.83 Å². The van der Waals surface area contributed by atoms with Gasteiger partial charge in [-0.3, -0.25) is 0 Å². The predicted octanol–water partition coefficient (Wildman–Crippen LogP) is 22.6. The van der Waals surface area contributed by atoms with Crippen LogP contribution in [0.2, 0.25) is 0 Å². The molecule has 15 aromatic rings. The highest BCUT2D eigenvalue weighted by molar-refractivity contribution is 6.21. The number of benzene rings is 13. The zero-order chi connectivity index (χ0) is 55.0. The Morgan fingerprint density at radius 1 is 0.256 bits per heavy atom. The van der Waals surface area contributed by atoms with Crippen molar-refractivity contribution in [2.75, 3.05) is 9.80 Å². The fourth-order valence-electron chi connectivity index (χ4n) is 12.7. The van der Waals surface area contributed by atoms with E-state index in [9.17, 15) is 0 Å². The lowest BCUT2D eigenvalue weighted by Crippen LogP contribution is -2.14. The highest BCUT2D eigenvalue weighted by atomic mass is 16.4. The minimum Gasteiger partial charge on any atom is -0.452 e. The maximum absolute atomic E-state index is 6.98. The van der Waals surface area contributed by atoms with Gasteiger partial charge in [-0.25, -0.2) is 0 Å². The summed E-state index contributed by atoms with van der Waals surface area (Å²) in [5.74, 6) is 0. The Kier molecular flexibility index (Phi) is 11.7. The first kappa shape index (κ1) is 48.7. The number of para-hydroxylation sites is 2. The summed E-state index contributed by atoms with van der Waals surface area (Å²) in [7, 11) is 0. The topological polar surface area (TPSA) is 32.8 Å². The Balaban J connectivity index is 0.856. The molecule has 0 fully saturated rings. The Labute approximate surface area is 477 Å². The number of hydrogen-bond acceptors (Lipinski definition) is 4. The second-order valence-corrected chi connectivity index (χ2v) is 21.9. The van der Waals surface area contributed by atoms with Gasteiger partial charge in [-0.1, -0.05) is 182 Å². The van der Waals surface area contributed by atoms with Gasteiger partial charge in [0.25, 0.3) is 0 Å². The van der Waals surface area contributed by atoms with E-state index in [1.54, 1.807) is 0 Å². The highest BCUT2D eigenvalue weighted by Gasteiger charge is 2.25. The van der Waals surface area contributed by atoms with Crippen LogP contribution in [-0.4, -0.2) is 0 Å². The lowest BCUT2D eigenvalue weighted by atomic mass is 9.95. The van der Waals surface area contributed by atoms with Crippen LogP contribution < -0.4 is 9.80 Å². The maximum Gasteiger partial charge on any atom is 0.178 e. The van der Waals surface area contributed by atoms with E-state index in [1.165, 1.54) is 44.5 Å². The molecule has 0 amide bonds. The number of hydrogen-bond donors (Lipinski definition) is 0. The van der Waals surface area contributed by atoms with Gasteiger partial charge in [0.05, 0.1) is 22.7 Å². The Hall–Kier alpha value is -10.4. The molecule has 2 heterocycles. The summed E-state index contributed by atoms with van der Waals surface area (Å²) in [6.45, 7) is 8.85. The molecule has 0 bridgehead atoms. The van der Waals surface area contributed by atoms with E-state index < -0.39 is 0 Å². The summed E-state index contributed by atoms with van der Waals surface area (Å²) in [6, 6.07) is 96.8. The van der Waals surface area contributed by atoms with Crippen molar-refractivity contribution < 1.29 is 8.83 Å². The van der Waals surface area contributed by atoms with Crippen LogP contribution in [0, 0.1) is 27.7 Å². The molecule has 82 heavy (non-hydrogen) atoms. The van der Waals surface area contributed by atoms with Gasteiger partial charge in [0, 0.05) is 44.0 Å². The van der Waals surface area contributed by atoms with E-state index in [-0.39, 0.29) is 0 Å². The molecule has 0 saturated heterocycles. The summed E-state index contributed by atoms with van der Waals surface area (Å²) in [4.78, 5) is 4.89. The summed E-state index contributed by atoms with van der Waals surface area (Å²) in [6.07, 6.45) is 0. The lowest BCUT2D eigenvalue weighted by Gasteiger charge is -2.31. The first-order chi connectivity index (χ1) is 40.3. The average molecular weight is 1050 g/mol. The maximum atomic E-state index is 6.98. The second-order valence-electron chi connectivity index (χ2n) is 21.9. The summed E-state index contributed by atoms with van der Waals surface area (Å²) in [5.41, 5.74) is 23.9. The summed E-state index contributed by atoms with van der Waals surface area (Å²) < 4.78 is 14.0. The van der Waals surface area contributed by atoms with Crippen LogP contribution in [0.4, 0.5) is 34.1 Å². The Morgan fingerprint density at radius 2 is 0.622 bits per heavy atom. The molecule has 15 rings (SSSR count). The van der Waals surface area contributed by atoms with E-state index in [1.807, 2.05) is 0 Å². The van der Waals surface area contributed by atoms with Crippen molar-refractivity contribution in [1.29, 1.82) is 0 Å². The van der Waals surface area contributed by atoms with Crippen LogP contribution in [0.25, 0.3) is 110 Å². The highest BCUT2D eigenvalue weighted by Crippen LogP contribution is 2.49. The van der Waals surface area contributed by atoms with E-state index >= 15 is 0 Å². The molecule has 0 saturated carbocycles. The molecule has 0 aliphatic heterocycles. The Bertz CT molecular complexity index is 4610. The van der Waals surface area contributed by atoms with Crippen LogP contribution in [0.3, 0.4) is 0 Å². The van der Waals surface area contributed by atoms with Crippen LogP contribution >= 0.6 is 0 Å². The van der Waals surface area contributed by atoms with Crippen molar-refractivity contribution >= 4 is 99.5 Å². The summed E-state index contributed by atoms with van der Waals surface area (Å²) >= 11 is 0. The van der Waals surface area contributed by atoms with Crippen LogP contribution in [0.15, 0.2) is 276 Å². The fraction of sp³-hybridized carbons (Fsp3) is 0.0513. The van der Waals surface area contributed by atoms with Crippen molar-refractivity contribution in [3.63, 3.8) is 0 Å². The monoisotopic (exact) mass is 1050 g/mol. The zero-order valence-electron chi connectivity index (χ0n) is 46.1. The van der Waals surface area contributed by atoms with Crippen molar-refractivity contribution in [2.45, 2.75) is 27.7 Å². The van der Waals surface area contributed by atoms with Gasteiger partial charge < -0.3 is 18.6 Å². The number of aryl methyl sites for hydroxylation is 4. The minimum absolute atomic E-state index is 0.751. The Morgan fingerprint density at radius 3 is 1.00 bits per heavy atom. The molecule has 0 radical (unpaired) electrons. The number of anilines is 6. The molecule has 13 aromatic carbocycles. The third kappa shape index (κ3) is 8.30. The molecule has 390 valence electrons. The van der Waals surface area contributed by atoms with E-state index in [2.05, 4.69) is 304 Å². The second kappa shape index (κ2) is 19.7. The lowest BCUT2D eigenvalue weighted by molar-refractivity contribution is 0.634. The normalized spacial score (nSPS) is 11.7. The van der Waals surface area contributed by atoms with Crippen molar-refractivity contribution in [2.24, 2.45) is 0 Å². The molecular formula is C78H56N2O2. The van der Waals surface area contributed by atoms with Crippen LogP contribution in [0.1, 0.15) is 22.3 Å². The third-order valence-electron chi connectivity index (χ3n) is 16.7. The average Bonchev–Trinajstić information content (AvgIpc) is 3.68. The molecule has 4 nitrogen and oxygen atoms in total. The van der Waals surface area contributed by atoms with Gasteiger partial charge in [-0.2, -0.15) is 0 Å². The molecule has 0 atom stereocenters. The van der Waals surface area contributed by atoms with Crippen molar-refractivity contribution in [1.82, 2.24) is 0 Å². The first-order valence-corrected chi connectivity index (χ1v) is 28.2. The molecule has 0 aliphatic rings. The van der Waals surface area contributed by atoms with Crippen LogP contribution in [-0.2, 0) is 0 Å². The molecule has 0 spiro atoms. The number of fused-ring (bicyclic) bond motifs is 9. The van der Waals surface area contributed by atoms with Gasteiger partial charge >= 0.3 is 0 Å². The van der Waals surface area contributed by atoms with Crippen LogP contribution in [0.5, 0.6) is 0 Å². The standard InChI is InChI=1S/C78H56N2O2/c1-49-19-17-20-50(2)75(49)79(71-39-33-57(53-23-9-5-10-24-53)43-67(71)55-27-13-7-14-28-55)63-35-31-59-45-69-65-37-38-66-70-46-60-32-36-64(42-62(60)48-74(70)82-78(66)77(65)81-73(69)47-61(59)41-63)80(76-51(3)21-18-22-52(76)4)72-40-34-58(54-25-11-6-12-26-54)44-68(72)56-29-15-8-16-30-56/h5-48H,1-4H3. The third-order valence-corrected chi connectivity index (χ3v) is 16.7. The smallest absolute Gasteiger partial charge is 0.178 e. The molecular weight excluding hydrogens is 997 g/mol. The van der Waals surface area contributed by atoms with Gasteiger partial charge in [-0.05, 0) is 190 Å². The van der Waals surface area contributed by atoms with Gasteiger partial charge in [0.2, 0.25) is 0 Å². The number of rotatable bonds is 10. The van der Waals surface area contributed by atoms with Crippen molar-refractivity contribution in [3.8, 4) is 44.5 Å². The molecule has 2 aromatic heterocycles. The fourth-order valence-corrected chi connectivity index (χ4v) is 12.7. The quantitative estimate of drug-likeness (QED) is 0.137. The zero-order valence-corrected chi connectivity index (χ0v) is 46.1. The predicted molar refractivity (Wildman–Crippen MR) is 346 cm³/mol. The largest absolute Gasteiger partial charge is 0.452 e. The van der Waals surface area contributed by atoms with Crippen molar-refractivity contribution in [3.05, 3.63) is 289 Å². The van der Waals surface area contributed by atoms with Gasteiger partial charge in [-0.15, -0.1) is 0 Å². The number of furan rings is 2. The van der Waals surface area contributed by atoms with Gasteiger partial charge in [0.1, 0.15) is 11.2 Å². The van der Waals surface area contributed by atoms with Gasteiger partial charge in [0.15, 0.2) is 11.2 Å². The van der Waals surface area contributed by atoms with E-state index in [0.29, 0.717) is 0 Å². The SMILES string of the molecule is Cc1cccc(C)c1N(c1ccc2cc3c(cc2c1)oc1c3ccc2c3cc4ccc(N(c5ccc(-c6ccccc6)cc5-c5ccccc5)c5c(C)cccc5C)cc4cc3oc21)c1ccc(-c2ccccc2)cc1-c1ccccc1. The summed E-state index contributed by atoms with van der Waals surface area (Å²) in [5, 5.41) is 8.60. The molecule has 4 heteroatoms.